The van der Waals surface area contributed by atoms with Gasteiger partial charge in [0.25, 0.3) is 0 Å². The largest absolute Gasteiger partial charge is 0.489 e. The van der Waals surface area contributed by atoms with Crippen LogP contribution in [0, 0.1) is 0 Å². The summed E-state index contributed by atoms with van der Waals surface area (Å²) in [5.74, 6) is 2.49. The average Bonchev–Trinajstić information content (AvgIpc) is 3.02. The fraction of sp³-hybridized carbons (Fsp3) is 0.389. The number of rotatable bonds is 6. The predicted octanol–water partition coefficient (Wildman–Crippen LogP) is 2.89. The van der Waals surface area contributed by atoms with Gasteiger partial charge in [-0.2, -0.15) is 0 Å². The number of amides is 2. The highest BCUT2D eigenvalue weighted by Crippen LogP contribution is 2.18. The third-order valence-electron chi connectivity index (χ3n) is 3.92. The molecule has 0 saturated heterocycles. The highest BCUT2D eigenvalue weighted by atomic mass is 16.5. The van der Waals surface area contributed by atoms with Crippen molar-refractivity contribution in [3.8, 4) is 5.75 Å². The quantitative estimate of drug-likeness (QED) is 0.792. The highest BCUT2D eigenvalue weighted by Gasteiger charge is 2.16. The van der Waals surface area contributed by atoms with E-state index in [9.17, 15) is 4.79 Å². The van der Waals surface area contributed by atoms with Gasteiger partial charge in [0.2, 0.25) is 0 Å². The molecule has 25 heavy (non-hydrogen) atoms. The number of anilines is 1. The van der Waals surface area contributed by atoms with Crippen LogP contribution in [0.25, 0.3) is 0 Å². The first-order valence-electron chi connectivity index (χ1n) is 8.45. The molecular formula is C18H23N5O2. The van der Waals surface area contributed by atoms with Gasteiger partial charge in [-0.3, -0.25) is 0 Å². The van der Waals surface area contributed by atoms with E-state index in [1.54, 1.807) is 6.07 Å². The minimum atomic E-state index is -0.287. The Balaban J connectivity index is 1.53. The molecule has 1 aliphatic rings. The van der Waals surface area contributed by atoms with Crippen molar-refractivity contribution in [1.29, 1.82) is 0 Å². The molecule has 7 nitrogen and oxygen atoms in total. The van der Waals surface area contributed by atoms with Crippen molar-refractivity contribution in [1.82, 2.24) is 20.1 Å². The molecule has 0 unspecified atom stereocenters. The lowest BCUT2D eigenvalue weighted by Crippen LogP contribution is -2.29. The third kappa shape index (κ3) is 4.59. The number of ether oxygens (including phenoxy) is 1. The van der Waals surface area contributed by atoms with E-state index in [1.807, 2.05) is 25.1 Å². The summed E-state index contributed by atoms with van der Waals surface area (Å²) in [6.45, 7) is 7.43. The number of carbonyl (C=O) groups excluding carboxylic acids is 1. The minimum Gasteiger partial charge on any atom is -0.489 e. The Morgan fingerprint density at radius 1 is 1.36 bits per heavy atom. The van der Waals surface area contributed by atoms with E-state index in [2.05, 4.69) is 32.0 Å². The van der Waals surface area contributed by atoms with E-state index in [4.69, 9.17) is 4.74 Å². The van der Waals surface area contributed by atoms with Gasteiger partial charge in [-0.1, -0.05) is 12.6 Å². The number of urea groups is 1. The molecule has 1 aliphatic heterocycles. The zero-order chi connectivity index (χ0) is 17.6. The lowest BCUT2D eigenvalue weighted by molar-refractivity contribution is 0.251. The van der Waals surface area contributed by atoms with Gasteiger partial charge in [0, 0.05) is 24.7 Å². The van der Waals surface area contributed by atoms with Crippen LogP contribution in [-0.4, -0.2) is 27.4 Å². The van der Waals surface area contributed by atoms with Crippen molar-refractivity contribution >= 4 is 11.7 Å². The predicted molar refractivity (Wildman–Crippen MR) is 95.6 cm³/mol. The van der Waals surface area contributed by atoms with Crippen LogP contribution < -0.4 is 15.4 Å². The standard InChI is InChI=1S/C18H23N5O2/c1-13(2)12-25-15-7-5-6-14(10-15)20-18(24)19-11-17-22-21-16-8-3-4-9-23(16)17/h5-7,10H,1,3-4,8-9,11-12H2,2H3,(H2,19,20,24). The highest BCUT2D eigenvalue weighted by molar-refractivity contribution is 5.89. The van der Waals surface area contributed by atoms with E-state index < -0.39 is 0 Å². The first-order valence-corrected chi connectivity index (χ1v) is 8.45. The maximum Gasteiger partial charge on any atom is 0.319 e. The third-order valence-corrected chi connectivity index (χ3v) is 3.92. The van der Waals surface area contributed by atoms with E-state index in [0.717, 1.165) is 43.0 Å². The zero-order valence-electron chi connectivity index (χ0n) is 14.4. The second kappa shape index (κ2) is 7.83. The monoisotopic (exact) mass is 341 g/mol. The number of carbonyl (C=O) groups is 1. The van der Waals surface area contributed by atoms with Crippen LogP contribution in [0.1, 0.15) is 31.4 Å². The molecule has 0 spiro atoms. The summed E-state index contributed by atoms with van der Waals surface area (Å²) in [7, 11) is 0. The summed E-state index contributed by atoms with van der Waals surface area (Å²) in [6, 6.07) is 6.98. The molecule has 3 rings (SSSR count). The van der Waals surface area contributed by atoms with Crippen LogP contribution in [0.3, 0.4) is 0 Å². The second-order valence-corrected chi connectivity index (χ2v) is 6.22. The van der Waals surface area contributed by atoms with Crippen molar-refractivity contribution in [3.63, 3.8) is 0 Å². The number of aromatic nitrogens is 3. The molecule has 0 bridgehead atoms. The van der Waals surface area contributed by atoms with Crippen LogP contribution in [0.2, 0.25) is 0 Å². The Kier molecular flexibility index (Phi) is 5.33. The van der Waals surface area contributed by atoms with Gasteiger partial charge < -0.3 is 19.9 Å². The van der Waals surface area contributed by atoms with Crippen molar-refractivity contribution in [2.45, 2.75) is 39.3 Å². The number of nitrogens with one attached hydrogen (secondary N) is 2. The Morgan fingerprint density at radius 2 is 2.24 bits per heavy atom. The van der Waals surface area contributed by atoms with Crippen LogP contribution in [0.4, 0.5) is 10.5 Å². The molecular weight excluding hydrogens is 318 g/mol. The lowest BCUT2D eigenvalue weighted by atomic mass is 10.2. The average molecular weight is 341 g/mol. The zero-order valence-corrected chi connectivity index (χ0v) is 14.4. The maximum atomic E-state index is 12.1. The normalized spacial score (nSPS) is 13.0. The fourth-order valence-electron chi connectivity index (χ4n) is 2.70. The molecule has 2 heterocycles. The number of aryl methyl sites for hydroxylation is 1. The first kappa shape index (κ1) is 17.0. The molecule has 2 amide bonds. The number of fused-ring (bicyclic) bond motifs is 1. The maximum absolute atomic E-state index is 12.1. The van der Waals surface area contributed by atoms with E-state index >= 15 is 0 Å². The summed E-state index contributed by atoms with van der Waals surface area (Å²) in [6.07, 6.45) is 3.23. The van der Waals surface area contributed by atoms with Crippen LogP contribution in [-0.2, 0) is 19.5 Å². The van der Waals surface area contributed by atoms with Gasteiger partial charge in [-0.05, 0) is 37.5 Å². The van der Waals surface area contributed by atoms with Gasteiger partial charge in [-0.15, -0.1) is 10.2 Å². The van der Waals surface area contributed by atoms with Gasteiger partial charge in [0.1, 0.15) is 18.2 Å². The molecule has 132 valence electrons. The summed E-state index contributed by atoms with van der Waals surface area (Å²) in [5.41, 5.74) is 1.60. The molecule has 0 saturated carbocycles. The Morgan fingerprint density at radius 3 is 3.08 bits per heavy atom. The molecule has 0 aliphatic carbocycles. The van der Waals surface area contributed by atoms with Crippen molar-refractivity contribution < 1.29 is 9.53 Å². The van der Waals surface area contributed by atoms with Gasteiger partial charge in [0.15, 0.2) is 5.82 Å². The molecule has 0 fully saturated rings. The number of hydrogen-bond donors (Lipinski definition) is 2. The molecule has 1 aromatic carbocycles. The number of hydrogen-bond acceptors (Lipinski definition) is 4. The van der Waals surface area contributed by atoms with E-state index in [0.29, 0.717) is 24.6 Å². The van der Waals surface area contributed by atoms with E-state index in [-0.39, 0.29) is 6.03 Å². The minimum absolute atomic E-state index is 0.287. The molecule has 7 heteroatoms. The topological polar surface area (TPSA) is 81.1 Å². The van der Waals surface area contributed by atoms with Gasteiger partial charge in [0.05, 0.1) is 6.54 Å². The first-order chi connectivity index (χ1) is 12.1. The second-order valence-electron chi connectivity index (χ2n) is 6.22. The van der Waals surface area contributed by atoms with Crippen molar-refractivity contribution in [3.05, 3.63) is 48.1 Å². The Hall–Kier alpha value is -2.83. The van der Waals surface area contributed by atoms with Crippen LogP contribution >= 0.6 is 0 Å². The van der Waals surface area contributed by atoms with Crippen molar-refractivity contribution in [2.75, 3.05) is 11.9 Å². The van der Waals surface area contributed by atoms with Gasteiger partial charge in [-0.25, -0.2) is 4.79 Å². The number of nitrogens with zero attached hydrogens (tertiary/aromatic N) is 3. The van der Waals surface area contributed by atoms with Crippen LogP contribution in [0.5, 0.6) is 5.75 Å². The molecule has 0 atom stereocenters. The van der Waals surface area contributed by atoms with E-state index in [1.165, 1.54) is 0 Å². The fourth-order valence-corrected chi connectivity index (χ4v) is 2.70. The summed E-state index contributed by atoms with van der Waals surface area (Å²) < 4.78 is 7.67. The number of benzene rings is 1. The smallest absolute Gasteiger partial charge is 0.319 e. The Labute approximate surface area is 147 Å². The van der Waals surface area contributed by atoms with Crippen molar-refractivity contribution in [2.24, 2.45) is 0 Å². The SMILES string of the molecule is C=C(C)COc1cccc(NC(=O)NCc2nnc3n2CCCC3)c1. The molecule has 1 aromatic heterocycles. The summed E-state index contributed by atoms with van der Waals surface area (Å²) in [5, 5.41) is 14.0. The molecule has 0 radical (unpaired) electrons. The molecule has 2 N–H and O–H groups in total. The van der Waals surface area contributed by atoms with Gasteiger partial charge >= 0.3 is 6.03 Å². The molecule has 2 aromatic rings. The van der Waals surface area contributed by atoms with Crippen LogP contribution in [0.15, 0.2) is 36.4 Å². The Bertz CT molecular complexity index is 769. The summed E-state index contributed by atoms with van der Waals surface area (Å²) >= 11 is 0. The summed E-state index contributed by atoms with van der Waals surface area (Å²) in [4.78, 5) is 12.1. The lowest BCUT2D eigenvalue weighted by Gasteiger charge is -2.15.